The minimum absolute atomic E-state index is 0.250. The first-order chi connectivity index (χ1) is 12.7. The first-order valence-corrected chi connectivity index (χ1v) is 9.15. The Morgan fingerprint density at radius 2 is 2.08 bits per heavy atom. The highest BCUT2D eigenvalue weighted by Gasteiger charge is 2.19. The van der Waals surface area contributed by atoms with Gasteiger partial charge in [-0.3, -0.25) is 0 Å². The molecule has 6 nitrogen and oxygen atoms in total. The zero-order chi connectivity index (χ0) is 18.4. The van der Waals surface area contributed by atoms with E-state index < -0.39 is 6.10 Å². The van der Waals surface area contributed by atoms with Crippen molar-refractivity contribution in [2.24, 2.45) is 0 Å². The molecule has 1 fully saturated rings. The summed E-state index contributed by atoms with van der Waals surface area (Å²) in [6, 6.07) is 9.90. The second-order valence-electron chi connectivity index (χ2n) is 6.66. The van der Waals surface area contributed by atoms with Crippen molar-refractivity contribution in [1.82, 2.24) is 15.3 Å². The van der Waals surface area contributed by atoms with E-state index in [-0.39, 0.29) is 6.61 Å². The van der Waals surface area contributed by atoms with Gasteiger partial charge in [0, 0.05) is 36.9 Å². The standard InChI is InChI=1S/C20H27N3O3/c1-14-22-19(15-6-8-25-9-7-15)11-20(23-14)16-4-3-5-18(10-16)26-13-17(24)12-21-2/h3-5,10-11,15,17,21,24H,6-9,12-13H2,1-2H3. The van der Waals surface area contributed by atoms with Gasteiger partial charge >= 0.3 is 0 Å². The van der Waals surface area contributed by atoms with Gasteiger partial charge in [0.05, 0.1) is 5.69 Å². The van der Waals surface area contributed by atoms with Crippen LogP contribution in [0.25, 0.3) is 11.3 Å². The maximum absolute atomic E-state index is 9.80. The van der Waals surface area contributed by atoms with Crippen molar-refractivity contribution in [3.05, 3.63) is 41.9 Å². The smallest absolute Gasteiger partial charge is 0.126 e. The second kappa shape index (κ2) is 9.07. The molecule has 2 aromatic rings. The molecular weight excluding hydrogens is 330 g/mol. The SMILES string of the molecule is CNCC(O)COc1cccc(-c2cc(C3CCOCC3)nc(C)n2)c1. The lowest BCUT2D eigenvalue weighted by atomic mass is 9.95. The quantitative estimate of drug-likeness (QED) is 0.792. The number of nitrogens with zero attached hydrogens (tertiary/aromatic N) is 2. The molecule has 3 rings (SSSR count). The van der Waals surface area contributed by atoms with E-state index in [0.717, 1.165) is 54.6 Å². The van der Waals surface area contributed by atoms with Crippen molar-refractivity contribution in [2.45, 2.75) is 31.8 Å². The van der Waals surface area contributed by atoms with Gasteiger partial charge in [0.1, 0.15) is 24.3 Å². The molecule has 0 aliphatic carbocycles. The number of aryl methyl sites for hydroxylation is 1. The molecule has 2 N–H and O–H groups in total. The zero-order valence-corrected chi connectivity index (χ0v) is 15.4. The number of rotatable bonds is 7. The summed E-state index contributed by atoms with van der Waals surface area (Å²) < 4.78 is 11.2. The first kappa shape index (κ1) is 18.8. The molecule has 6 heteroatoms. The van der Waals surface area contributed by atoms with Crippen LogP contribution in [0, 0.1) is 6.92 Å². The van der Waals surface area contributed by atoms with Crippen molar-refractivity contribution in [2.75, 3.05) is 33.4 Å². The Bertz CT molecular complexity index is 717. The fourth-order valence-corrected chi connectivity index (χ4v) is 3.17. The molecule has 1 saturated heterocycles. The van der Waals surface area contributed by atoms with E-state index in [1.807, 2.05) is 31.2 Å². The predicted molar refractivity (Wildman–Crippen MR) is 100 cm³/mol. The summed E-state index contributed by atoms with van der Waals surface area (Å²) in [6.45, 7) is 4.27. The number of aliphatic hydroxyl groups is 1. The van der Waals surface area contributed by atoms with E-state index in [1.165, 1.54) is 0 Å². The van der Waals surface area contributed by atoms with Crippen LogP contribution in [0.1, 0.15) is 30.3 Å². The summed E-state index contributed by atoms with van der Waals surface area (Å²) in [7, 11) is 1.80. The van der Waals surface area contributed by atoms with Gasteiger partial charge in [0.2, 0.25) is 0 Å². The predicted octanol–water partition coefficient (Wildman–Crippen LogP) is 2.31. The maximum Gasteiger partial charge on any atom is 0.126 e. The number of nitrogens with one attached hydrogen (secondary N) is 1. The van der Waals surface area contributed by atoms with Gasteiger partial charge in [-0.1, -0.05) is 12.1 Å². The van der Waals surface area contributed by atoms with Crippen LogP contribution in [0.5, 0.6) is 5.75 Å². The molecule has 1 aliphatic rings. The minimum Gasteiger partial charge on any atom is -0.491 e. The van der Waals surface area contributed by atoms with Gasteiger partial charge in [-0.15, -0.1) is 0 Å². The van der Waals surface area contributed by atoms with E-state index in [2.05, 4.69) is 21.4 Å². The number of aliphatic hydroxyl groups excluding tert-OH is 1. The molecule has 0 radical (unpaired) electrons. The molecule has 26 heavy (non-hydrogen) atoms. The molecule has 0 bridgehead atoms. The maximum atomic E-state index is 9.80. The number of hydrogen-bond donors (Lipinski definition) is 2. The number of likely N-dealkylation sites (N-methyl/N-ethyl adjacent to an activating group) is 1. The van der Waals surface area contributed by atoms with Crippen molar-refractivity contribution in [3.8, 4) is 17.0 Å². The lowest BCUT2D eigenvalue weighted by Crippen LogP contribution is -2.29. The van der Waals surface area contributed by atoms with Crippen LogP contribution in [0.4, 0.5) is 0 Å². The summed E-state index contributed by atoms with van der Waals surface area (Å²) in [4.78, 5) is 9.25. The fraction of sp³-hybridized carbons (Fsp3) is 0.500. The first-order valence-electron chi connectivity index (χ1n) is 9.15. The molecule has 140 valence electrons. The van der Waals surface area contributed by atoms with E-state index >= 15 is 0 Å². The van der Waals surface area contributed by atoms with Crippen LogP contribution in [-0.2, 0) is 4.74 Å². The van der Waals surface area contributed by atoms with E-state index in [0.29, 0.717) is 12.5 Å². The minimum atomic E-state index is -0.537. The Labute approximate surface area is 154 Å². The average Bonchev–Trinajstić information content (AvgIpc) is 2.67. The highest BCUT2D eigenvalue weighted by atomic mass is 16.5. The van der Waals surface area contributed by atoms with Crippen molar-refractivity contribution < 1.29 is 14.6 Å². The summed E-state index contributed by atoms with van der Waals surface area (Å²) in [6.07, 6.45) is 1.47. The summed E-state index contributed by atoms with van der Waals surface area (Å²) >= 11 is 0. The number of hydrogen-bond acceptors (Lipinski definition) is 6. The third-order valence-corrected chi connectivity index (χ3v) is 4.51. The van der Waals surface area contributed by atoms with Crippen molar-refractivity contribution in [3.63, 3.8) is 0 Å². The highest BCUT2D eigenvalue weighted by molar-refractivity contribution is 5.61. The zero-order valence-electron chi connectivity index (χ0n) is 15.4. The van der Waals surface area contributed by atoms with Gasteiger partial charge in [-0.25, -0.2) is 9.97 Å². The van der Waals surface area contributed by atoms with Crippen LogP contribution in [-0.4, -0.2) is 54.6 Å². The van der Waals surface area contributed by atoms with Gasteiger partial charge < -0.3 is 19.9 Å². The lowest BCUT2D eigenvalue weighted by Gasteiger charge is -2.22. The third kappa shape index (κ3) is 5.00. The third-order valence-electron chi connectivity index (χ3n) is 4.51. The molecule has 1 aromatic carbocycles. The van der Waals surface area contributed by atoms with Gasteiger partial charge in [0.25, 0.3) is 0 Å². The van der Waals surface area contributed by atoms with Gasteiger partial charge in [0.15, 0.2) is 0 Å². The monoisotopic (exact) mass is 357 g/mol. The Morgan fingerprint density at radius 3 is 2.85 bits per heavy atom. The highest BCUT2D eigenvalue weighted by Crippen LogP contribution is 2.29. The molecule has 0 saturated carbocycles. The van der Waals surface area contributed by atoms with Crippen molar-refractivity contribution in [1.29, 1.82) is 0 Å². The molecule has 1 aliphatic heterocycles. The second-order valence-corrected chi connectivity index (χ2v) is 6.66. The van der Waals surface area contributed by atoms with Crippen molar-refractivity contribution >= 4 is 0 Å². The number of aromatic nitrogens is 2. The molecular formula is C20H27N3O3. The molecule has 0 amide bonds. The van der Waals surface area contributed by atoms with Crippen LogP contribution in [0.15, 0.2) is 30.3 Å². The fourth-order valence-electron chi connectivity index (χ4n) is 3.17. The van der Waals surface area contributed by atoms with Gasteiger partial charge in [-0.05, 0) is 45.0 Å². The van der Waals surface area contributed by atoms with E-state index in [9.17, 15) is 5.11 Å². The van der Waals surface area contributed by atoms with Crippen LogP contribution < -0.4 is 10.1 Å². The van der Waals surface area contributed by atoms with E-state index in [4.69, 9.17) is 9.47 Å². The Morgan fingerprint density at radius 1 is 1.27 bits per heavy atom. The molecule has 1 aromatic heterocycles. The molecule has 1 unspecified atom stereocenters. The summed E-state index contributed by atoms with van der Waals surface area (Å²) in [5.41, 5.74) is 2.98. The Hall–Kier alpha value is -2.02. The van der Waals surface area contributed by atoms with Gasteiger partial charge in [-0.2, -0.15) is 0 Å². The van der Waals surface area contributed by atoms with E-state index in [1.54, 1.807) is 7.05 Å². The molecule has 2 heterocycles. The average molecular weight is 357 g/mol. The van der Waals surface area contributed by atoms with Crippen LogP contribution in [0.3, 0.4) is 0 Å². The topological polar surface area (TPSA) is 76.5 Å². The molecule has 1 atom stereocenters. The summed E-state index contributed by atoms with van der Waals surface area (Å²) in [5, 5.41) is 12.7. The lowest BCUT2D eigenvalue weighted by molar-refractivity contribution is 0.0844. The summed E-state index contributed by atoms with van der Waals surface area (Å²) in [5.74, 6) is 1.93. The molecule has 0 spiro atoms. The van der Waals surface area contributed by atoms with Crippen LogP contribution >= 0.6 is 0 Å². The largest absolute Gasteiger partial charge is 0.491 e. The Kier molecular flexibility index (Phi) is 6.55. The number of benzene rings is 1. The normalized spacial score (nSPS) is 16.4. The van der Waals surface area contributed by atoms with Crippen LogP contribution in [0.2, 0.25) is 0 Å². The Balaban J connectivity index is 1.77. The number of ether oxygens (including phenoxy) is 2.